The van der Waals surface area contributed by atoms with Crippen molar-refractivity contribution in [3.63, 3.8) is 0 Å². The van der Waals surface area contributed by atoms with Crippen molar-refractivity contribution >= 4 is 5.69 Å². The van der Waals surface area contributed by atoms with Crippen molar-refractivity contribution < 1.29 is 17.9 Å². The van der Waals surface area contributed by atoms with Crippen molar-refractivity contribution in [3.05, 3.63) is 22.6 Å². The third-order valence-corrected chi connectivity index (χ3v) is 2.83. The maximum atomic E-state index is 12.5. The van der Waals surface area contributed by atoms with Gasteiger partial charge in [0.05, 0.1) is 31.1 Å². The Morgan fingerprint density at radius 1 is 1.57 bits per heavy atom. The van der Waals surface area contributed by atoms with Gasteiger partial charge in [0.1, 0.15) is 0 Å². The lowest BCUT2D eigenvalue weighted by atomic mass is 10.1. The molecule has 0 radical (unpaired) electrons. The van der Waals surface area contributed by atoms with Gasteiger partial charge in [0.25, 0.3) is 5.56 Å². The van der Waals surface area contributed by atoms with E-state index in [4.69, 9.17) is 10.00 Å². The summed E-state index contributed by atoms with van der Waals surface area (Å²) in [5.74, 6) is -2.26. The number of aromatic nitrogens is 2. The third-order valence-electron chi connectivity index (χ3n) is 2.83. The molecule has 1 heterocycles. The zero-order valence-electron chi connectivity index (χ0n) is 11.6. The van der Waals surface area contributed by atoms with E-state index in [1.54, 1.807) is 11.9 Å². The molecular formula is C12H15F3N4O2. The summed E-state index contributed by atoms with van der Waals surface area (Å²) in [6, 6.07) is 2.31. The highest BCUT2D eigenvalue weighted by Crippen LogP contribution is 2.26. The number of nitrogens with zero attached hydrogens (tertiary/aromatic N) is 4. The topological polar surface area (TPSA) is 71.2 Å². The monoisotopic (exact) mass is 304 g/mol. The number of methoxy groups -OCH3 is 1. The predicted octanol–water partition coefficient (Wildman–Crippen LogP) is 1.03. The summed E-state index contributed by atoms with van der Waals surface area (Å²) in [5, 5.41) is 12.2. The first kappa shape index (κ1) is 17.0. The van der Waals surface area contributed by atoms with Crippen LogP contribution < -0.4 is 10.5 Å². The highest BCUT2D eigenvalue weighted by Gasteiger charge is 2.40. The van der Waals surface area contributed by atoms with Crippen molar-refractivity contribution in [1.29, 1.82) is 5.26 Å². The van der Waals surface area contributed by atoms with Crippen molar-refractivity contribution in [2.45, 2.75) is 12.7 Å². The minimum atomic E-state index is -4.69. The first-order valence-electron chi connectivity index (χ1n) is 6.03. The van der Waals surface area contributed by atoms with Crippen LogP contribution in [0.5, 0.6) is 0 Å². The number of hydrogen-bond donors (Lipinski definition) is 0. The molecular weight excluding hydrogens is 289 g/mol. The highest BCUT2D eigenvalue weighted by atomic mass is 19.4. The summed E-state index contributed by atoms with van der Waals surface area (Å²) in [6.07, 6.45) is -3.41. The molecule has 0 aliphatic carbocycles. The Bertz CT molecular complexity index is 565. The number of hydrogen-bond acceptors (Lipinski definition) is 5. The second-order valence-corrected chi connectivity index (χ2v) is 4.37. The summed E-state index contributed by atoms with van der Waals surface area (Å²) in [5.41, 5.74) is -0.227. The number of anilines is 1. The maximum Gasteiger partial charge on any atom is 0.406 e. The Balaban J connectivity index is 2.89. The van der Waals surface area contributed by atoms with E-state index < -0.39 is 24.2 Å². The minimum Gasteiger partial charge on any atom is -0.383 e. The SMILES string of the molecule is COCCN(C)c1cnn(CC(C#N)C(F)(F)F)c(=O)c1. The van der Waals surface area contributed by atoms with Gasteiger partial charge >= 0.3 is 6.18 Å². The smallest absolute Gasteiger partial charge is 0.383 e. The Morgan fingerprint density at radius 3 is 2.71 bits per heavy atom. The molecule has 0 spiro atoms. The molecule has 0 saturated heterocycles. The fourth-order valence-electron chi connectivity index (χ4n) is 1.52. The zero-order valence-corrected chi connectivity index (χ0v) is 11.6. The molecule has 1 atom stereocenters. The Hall–Kier alpha value is -2.08. The molecule has 0 saturated carbocycles. The van der Waals surface area contributed by atoms with E-state index in [2.05, 4.69) is 5.10 Å². The van der Waals surface area contributed by atoms with Gasteiger partial charge in [-0.1, -0.05) is 0 Å². The summed E-state index contributed by atoms with van der Waals surface area (Å²) in [7, 11) is 3.23. The molecule has 0 aliphatic heterocycles. The zero-order chi connectivity index (χ0) is 16.0. The van der Waals surface area contributed by atoms with Crippen LogP contribution in [0, 0.1) is 17.2 Å². The van der Waals surface area contributed by atoms with Crippen LogP contribution in [0.15, 0.2) is 17.1 Å². The minimum absolute atomic E-state index is 0.435. The molecule has 0 amide bonds. The van der Waals surface area contributed by atoms with Crippen molar-refractivity contribution in [2.75, 3.05) is 32.2 Å². The Morgan fingerprint density at radius 2 is 2.24 bits per heavy atom. The Kier molecular flexibility index (Phi) is 5.72. The van der Waals surface area contributed by atoms with Crippen LogP contribution >= 0.6 is 0 Å². The van der Waals surface area contributed by atoms with Gasteiger partial charge in [0.15, 0.2) is 5.92 Å². The van der Waals surface area contributed by atoms with Crippen molar-refractivity contribution in [1.82, 2.24) is 9.78 Å². The van der Waals surface area contributed by atoms with Gasteiger partial charge < -0.3 is 9.64 Å². The maximum absolute atomic E-state index is 12.5. The molecule has 0 aliphatic rings. The van der Waals surface area contributed by atoms with Crippen LogP contribution in [0.1, 0.15) is 0 Å². The van der Waals surface area contributed by atoms with Crippen LogP contribution in [-0.4, -0.2) is 43.3 Å². The van der Waals surface area contributed by atoms with Crippen molar-refractivity contribution in [2.24, 2.45) is 5.92 Å². The highest BCUT2D eigenvalue weighted by molar-refractivity contribution is 5.41. The van der Waals surface area contributed by atoms with Gasteiger partial charge in [-0.15, -0.1) is 0 Å². The van der Waals surface area contributed by atoms with E-state index in [0.29, 0.717) is 23.5 Å². The number of ether oxygens (including phenoxy) is 1. The molecule has 1 rings (SSSR count). The molecule has 1 aromatic heterocycles. The van der Waals surface area contributed by atoms with Crippen LogP contribution in [-0.2, 0) is 11.3 Å². The van der Waals surface area contributed by atoms with E-state index in [1.807, 2.05) is 0 Å². The molecule has 0 aromatic carbocycles. The van der Waals surface area contributed by atoms with Crippen LogP contribution in [0.4, 0.5) is 18.9 Å². The summed E-state index contributed by atoms with van der Waals surface area (Å²) in [6.45, 7) is 0.121. The van der Waals surface area contributed by atoms with Crippen molar-refractivity contribution in [3.8, 4) is 6.07 Å². The number of nitriles is 1. The molecule has 1 aromatic rings. The number of rotatable bonds is 6. The lowest BCUT2D eigenvalue weighted by Gasteiger charge is -2.19. The molecule has 1 unspecified atom stereocenters. The van der Waals surface area contributed by atoms with Gasteiger partial charge in [-0.25, -0.2) is 4.68 Å². The molecule has 116 valence electrons. The van der Waals surface area contributed by atoms with Gasteiger partial charge in [0.2, 0.25) is 0 Å². The lowest BCUT2D eigenvalue weighted by molar-refractivity contribution is -0.162. The largest absolute Gasteiger partial charge is 0.406 e. The van der Waals surface area contributed by atoms with Crippen LogP contribution in [0.3, 0.4) is 0 Å². The van der Waals surface area contributed by atoms with Gasteiger partial charge in [0, 0.05) is 26.8 Å². The second-order valence-electron chi connectivity index (χ2n) is 4.37. The number of likely N-dealkylation sites (N-methyl/N-ethyl adjacent to an activating group) is 1. The number of halogens is 3. The normalized spacial score (nSPS) is 12.8. The Labute approximate surface area is 119 Å². The fourth-order valence-corrected chi connectivity index (χ4v) is 1.52. The summed E-state index contributed by atoms with van der Waals surface area (Å²) < 4.78 is 43.0. The van der Waals surface area contributed by atoms with Gasteiger partial charge in [-0.05, 0) is 0 Å². The van der Waals surface area contributed by atoms with Gasteiger partial charge in [-0.2, -0.15) is 23.5 Å². The molecule has 21 heavy (non-hydrogen) atoms. The second kappa shape index (κ2) is 7.08. The molecule has 9 heteroatoms. The average Bonchev–Trinajstić information content (AvgIpc) is 2.41. The van der Waals surface area contributed by atoms with E-state index in [0.717, 1.165) is 6.07 Å². The van der Waals surface area contributed by atoms with Gasteiger partial charge in [-0.3, -0.25) is 4.79 Å². The first-order valence-corrected chi connectivity index (χ1v) is 6.03. The van der Waals surface area contributed by atoms with E-state index >= 15 is 0 Å². The number of alkyl halides is 3. The lowest BCUT2D eigenvalue weighted by Crippen LogP contribution is -2.33. The standard InChI is InChI=1S/C12H15F3N4O2/c1-18(3-4-21-2)10-5-11(20)19(17-7-10)8-9(6-16)12(13,14)15/h5,7,9H,3-4,8H2,1-2H3. The summed E-state index contributed by atoms with van der Waals surface area (Å²) >= 11 is 0. The average molecular weight is 304 g/mol. The molecule has 0 N–H and O–H groups in total. The van der Waals surface area contributed by atoms with E-state index in [-0.39, 0.29) is 0 Å². The molecule has 0 fully saturated rings. The molecule has 0 bridgehead atoms. The first-order chi connectivity index (χ1) is 9.79. The van der Waals surface area contributed by atoms with E-state index in [1.165, 1.54) is 19.4 Å². The molecule has 6 nitrogen and oxygen atoms in total. The quantitative estimate of drug-likeness (QED) is 0.785. The predicted molar refractivity (Wildman–Crippen MR) is 68.8 cm³/mol. The van der Waals surface area contributed by atoms with Crippen LogP contribution in [0.2, 0.25) is 0 Å². The fraction of sp³-hybridized carbons (Fsp3) is 0.583. The van der Waals surface area contributed by atoms with Crippen LogP contribution in [0.25, 0.3) is 0 Å². The summed E-state index contributed by atoms with van der Waals surface area (Å²) in [4.78, 5) is 13.5. The third kappa shape index (κ3) is 4.75. The van der Waals surface area contributed by atoms with E-state index in [9.17, 15) is 18.0 Å².